The summed E-state index contributed by atoms with van der Waals surface area (Å²) in [4.78, 5) is 2.45. The number of hydrogen-bond donors (Lipinski definition) is 0. The molecule has 1 atom stereocenters. The molecule has 40 heavy (non-hydrogen) atoms. The first-order valence-corrected chi connectivity index (χ1v) is 14.1. The van der Waals surface area contributed by atoms with Crippen molar-refractivity contribution in [3.63, 3.8) is 0 Å². The molecule has 1 aliphatic rings. The lowest BCUT2D eigenvalue weighted by Crippen LogP contribution is -2.34. The molecule has 0 N–H and O–H groups in total. The highest BCUT2D eigenvalue weighted by Crippen LogP contribution is 2.45. The van der Waals surface area contributed by atoms with E-state index in [-0.39, 0.29) is 6.04 Å². The standard InChI is InChI=1S/C39H31N/c1-2-28-19-21-29(22-20-28)34-15-9-18-37-35(16-10-17-36(34)37)30-23-25-33(26-24-30)40-38(31-11-5-3-6-12-31)27-39(40)32-13-7-4-8-14-32/h3-27,38H,2H2,1H3. The molecule has 0 aliphatic carbocycles. The zero-order valence-corrected chi connectivity index (χ0v) is 22.7. The molecular formula is C39H31N. The van der Waals surface area contributed by atoms with Crippen molar-refractivity contribution in [1.29, 1.82) is 0 Å². The van der Waals surface area contributed by atoms with E-state index in [0.717, 1.165) is 6.42 Å². The van der Waals surface area contributed by atoms with E-state index in [4.69, 9.17) is 0 Å². The number of nitrogens with zero attached hydrogens (tertiary/aromatic N) is 1. The van der Waals surface area contributed by atoms with Crippen molar-refractivity contribution in [3.05, 3.63) is 168 Å². The van der Waals surface area contributed by atoms with Crippen LogP contribution in [0.2, 0.25) is 0 Å². The van der Waals surface area contributed by atoms with E-state index in [9.17, 15) is 0 Å². The van der Waals surface area contributed by atoms with Crippen LogP contribution in [0.5, 0.6) is 0 Å². The molecule has 6 aromatic carbocycles. The molecule has 1 unspecified atom stereocenters. The van der Waals surface area contributed by atoms with Crippen molar-refractivity contribution < 1.29 is 0 Å². The molecule has 1 nitrogen and oxygen atoms in total. The number of anilines is 1. The first kappa shape index (κ1) is 24.2. The Morgan fingerprint density at radius 2 is 1.05 bits per heavy atom. The summed E-state index contributed by atoms with van der Waals surface area (Å²) in [5.74, 6) is 0. The third-order valence-corrected chi connectivity index (χ3v) is 8.12. The molecule has 0 amide bonds. The second kappa shape index (κ2) is 10.4. The molecule has 0 spiro atoms. The van der Waals surface area contributed by atoms with Crippen LogP contribution in [0, 0.1) is 0 Å². The number of aryl methyl sites for hydroxylation is 1. The van der Waals surface area contributed by atoms with Gasteiger partial charge >= 0.3 is 0 Å². The lowest BCUT2D eigenvalue weighted by Gasteiger charge is -2.42. The van der Waals surface area contributed by atoms with Gasteiger partial charge in [-0.15, -0.1) is 0 Å². The molecule has 1 aliphatic heterocycles. The van der Waals surface area contributed by atoms with Crippen molar-refractivity contribution >= 4 is 22.2 Å². The van der Waals surface area contributed by atoms with Crippen LogP contribution in [-0.4, -0.2) is 0 Å². The third-order valence-electron chi connectivity index (χ3n) is 8.12. The highest BCUT2D eigenvalue weighted by Gasteiger charge is 2.32. The molecule has 6 aromatic rings. The highest BCUT2D eigenvalue weighted by molar-refractivity contribution is 6.04. The van der Waals surface area contributed by atoms with Gasteiger partial charge in [0, 0.05) is 11.4 Å². The number of rotatable bonds is 6. The number of benzene rings is 6. The fourth-order valence-corrected chi connectivity index (χ4v) is 5.95. The van der Waals surface area contributed by atoms with E-state index in [1.165, 1.54) is 61.1 Å². The summed E-state index contributed by atoms with van der Waals surface area (Å²) in [5.41, 5.74) is 11.4. The van der Waals surface area contributed by atoms with Crippen LogP contribution in [0.15, 0.2) is 152 Å². The minimum atomic E-state index is 0.224. The van der Waals surface area contributed by atoms with Gasteiger partial charge in [0.05, 0.1) is 6.04 Å². The van der Waals surface area contributed by atoms with E-state index < -0.39 is 0 Å². The summed E-state index contributed by atoms with van der Waals surface area (Å²) in [5, 5.41) is 2.57. The van der Waals surface area contributed by atoms with Crippen molar-refractivity contribution in [2.45, 2.75) is 19.4 Å². The molecule has 0 aromatic heterocycles. The van der Waals surface area contributed by atoms with E-state index in [1.807, 2.05) is 0 Å². The summed E-state index contributed by atoms with van der Waals surface area (Å²) in [7, 11) is 0. The summed E-state index contributed by atoms with van der Waals surface area (Å²) < 4.78 is 0. The van der Waals surface area contributed by atoms with Gasteiger partial charge in [0.1, 0.15) is 0 Å². The zero-order chi connectivity index (χ0) is 26.9. The van der Waals surface area contributed by atoms with Gasteiger partial charge in [-0.25, -0.2) is 0 Å². The topological polar surface area (TPSA) is 3.24 Å². The van der Waals surface area contributed by atoms with Crippen LogP contribution in [0.25, 0.3) is 38.7 Å². The van der Waals surface area contributed by atoms with Crippen LogP contribution in [0.3, 0.4) is 0 Å². The molecule has 0 radical (unpaired) electrons. The van der Waals surface area contributed by atoms with Crippen LogP contribution >= 0.6 is 0 Å². The third kappa shape index (κ3) is 4.30. The average molecular weight is 514 g/mol. The molecule has 0 bridgehead atoms. The Bertz CT molecular complexity index is 1800. The zero-order valence-electron chi connectivity index (χ0n) is 22.7. The second-order valence-corrected chi connectivity index (χ2v) is 10.4. The maximum atomic E-state index is 2.45. The number of fused-ring (bicyclic) bond motifs is 1. The van der Waals surface area contributed by atoms with Gasteiger partial charge < -0.3 is 4.90 Å². The Kier molecular flexibility index (Phi) is 6.26. The van der Waals surface area contributed by atoms with E-state index in [2.05, 4.69) is 163 Å². The maximum absolute atomic E-state index is 2.45. The molecule has 1 heteroatoms. The van der Waals surface area contributed by atoms with E-state index in [1.54, 1.807) is 0 Å². The van der Waals surface area contributed by atoms with Crippen LogP contribution in [-0.2, 0) is 6.42 Å². The Hall–Kier alpha value is -4.88. The molecule has 0 saturated heterocycles. The van der Waals surface area contributed by atoms with E-state index >= 15 is 0 Å². The van der Waals surface area contributed by atoms with Crippen molar-refractivity contribution in [2.75, 3.05) is 4.90 Å². The predicted molar refractivity (Wildman–Crippen MR) is 170 cm³/mol. The molecule has 0 fully saturated rings. The Morgan fingerprint density at radius 3 is 1.62 bits per heavy atom. The van der Waals surface area contributed by atoms with Crippen molar-refractivity contribution in [3.8, 4) is 22.3 Å². The van der Waals surface area contributed by atoms with Gasteiger partial charge in [-0.05, 0) is 74.3 Å². The summed E-state index contributed by atoms with van der Waals surface area (Å²) >= 11 is 0. The van der Waals surface area contributed by atoms with Crippen molar-refractivity contribution in [1.82, 2.24) is 0 Å². The SMILES string of the molecule is CCc1ccc(-c2cccc3c(-c4ccc(N5C(c6ccccc6)=CC5c5ccccc5)cc4)cccc23)cc1. The fourth-order valence-electron chi connectivity index (χ4n) is 5.95. The van der Waals surface area contributed by atoms with Gasteiger partial charge in [-0.3, -0.25) is 0 Å². The summed E-state index contributed by atoms with van der Waals surface area (Å²) in [6.07, 6.45) is 3.43. The molecule has 192 valence electrons. The lowest BCUT2D eigenvalue weighted by molar-refractivity contribution is 0.799. The van der Waals surface area contributed by atoms with Gasteiger partial charge in [-0.2, -0.15) is 0 Å². The predicted octanol–water partition coefficient (Wildman–Crippen LogP) is 10.3. The molecule has 7 rings (SSSR count). The monoisotopic (exact) mass is 513 g/mol. The minimum Gasteiger partial charge on any atom is -0.330 e. The van der Waals surface area contributed by atoms with E-state index in [0.29, 0.717) is 0 Å². The Labute approximate surface area is 236 Å². The van der Waals surface area contributed by atoms with Crippen LogP contribution < -0.4 is 4.90 Å². The lowest BCUT2D eigenvalue weighted by atomic mass is 9.91. The maximum Gasteiger partial charge on any atom is 0.0798 e. The first-order chi connectivity index (χ1) is 19.8. The average Bonchev–Trinajstić information content (AvgIpc) is 3.01. The quantitative estimate of drug-likeness (QED) is 0.214. The minimum absolute atomic E-state index is 0.224. The largest absolute Gasteiger partial charge is 0.330 e. The molecule has 1 heterocycles. The number of hydrogen-bond acceptors (Lipinski definition) is 1. The summed E-state index contributed by atoms with van der Waals surface area (Å²) in [6, 6.07) is 53.1. The van der Waals surface area contributed by atoms with Crippen LogP contribution in [0.1, 0.15) is 29.7 Å². The molecular weight excluding hydrogens is 482 g/mol. The molecule has 0 saturated carbocycles. The first-order valence-electron chi connectivity index (χ1n) is 14.1. The normalized spacial score (nSPS) is 14.6. The fraction of sp³-hybridized carbons (Fsp3) is 0.0769. The van der Waals surface area contributed by atoms with Gasteiger partial charge in [0.15, 0.2) is 0 Å². The van der Waals surface area contributed by atoms with Crippen LogP contribution in [0.4, 0.5) is 5.69 Å². The van der Waals surface area contributed by atoms with Crippen molar-refractivity contribution in [2.24, 2.45) is 0 Å². The summed E-state index contributed by atoms with van der Waals surface area (Å²) in [6.45, 7) is 2.20. The Morgan fingerprint density at radius 1 is 0.500 bits per heavy atom. The van der Waals surface area contributed by atoms with Gasteiger partial charge in [0.25, 0.3) is 0 Å². The highest BCUT2D eigenvalue weighted by atomic mass is 15.2. The smallest absolute Gasteiger partial charge is 0.0798 e. The van der Waals surface area contributed by atoms with Gasteiger partial charge in [-0.1, -0.05) is 140 Å². The second-order valence-electron chi connectivity index (χ2n) is 10.4. The Balaban J connectivity index is 1.26. The van der Waals surface area contributed by atoms with Gasteiger partial charge in [0.2, 0.25) is 0 Å².